The van der Waals surface area contributed by atoms with Gasteiger partial charge in [-0.05, 0) is 22.8 Å². The number of benzene rings is 2. The molecule has 2 aromatic rings. The van der Waals surface area contributed by atoms with Crippen molar-refractivity contribution in [2.75, 3.05) is 20.2 Å². The summed E-state index contributed by atoms with van der Waals surface area (Å²) >= 11 is 0. The highest BCUT2D eigenvalue weighted by Crippen LogP contribution is 2.24. The molecule has 1 aliphatic heterocycles. The molecular weight excluding hydrogens is 342 g/mol. The highest BCUT2D eigenvalue weighted by molar-refractivity contribution is 5.87. The fourth-order valence-corrected chi connectivity index (χ4v) is 3.27. The van der Waals surface area contributed by atoms with Crippen LogP contribution in [0, 0.1) is 11.3 Å². The third kappa shape index (κ3) is 4.33. The van der Waals surface area contributed by atoms with Gasteiger partial charge in [-0.1, -0.05) is 42.5 Å². The molecule has 0 saturated carbocycles. The van der Waals surface area contributed by atoms with E-state index in [4.69, 9.17) is 4.74 Å². The van der Waals surface area contributed by atoms with Crippen molar-refractivity contribution >= 4 is 11.9 Å². The van der Waals surface area contributed by atoms with Crippen LogP contribution in [0.15, 0.2) is 48.5 Å². The summed E-state index contributed by atoms with van der Waals surface area (Å²) in [5.41, 5.74) is 3.54. The Balaban J connectivity index is 1.76. The highest BCUT2D eigenvalue weighted by Gasteiger charge is 2.31. The summed E-state index contributed by atoms with van der Waals surface area (Å²) in [6.07, 6.45) is 0.0377. The monoisotopic (exact) mass is 363 g/mol. The van der Waals surface area contributed by atoms with Gasteiger partial charge in [0.05, 0.1) is 25.2 Å². The zero-order valence-electron chi connectivity index (χ0n) is 15.1. The quantitative estimate of drug-likeness (QED) is 0.823. The van der Waals surface area contributed by atoms with Crippen LogP contribution in [0.25, 0.3) is 11.1 Å². The molecule has 1 N–H and O–H groups in total. The lowest BCUT2D eigenvalue weighted by molar-refractivity contribution is -0.146. The summed E-state index contributed by atoms with van der Waals surface area (Å²) < 4.78 is 4.71. The van der Waals surface area contributed by atoms with Crippen molar-refractivity contribution < 1.29 is 14.3 Å². The molecule has 0 unspecified atom stereocenters. The Morgan fingerprint density at radius 3 is 2.70 bits per heavy atom. The van der Waals surface area contributed by atoms with Crippen molar-refractivity contribution in [3.8, 4) is 17.2 Å². The van der Waals surface area contributed by atoms with Crippen molar-refractivity contribution in [3.63, 3.8) is 0 Å². The van der Waals surface area contributed by atoms with E-state index in [2.05, 4.69) is 11.4 Å². The van der Waals surface area contributed by atoms with Crippen molar-refractivity contribution in [2.24, 2.45) is 0 Å². The Hall–Kier alpha value is -3.17. The number of nitriles is 1. The smallest absolute Gasteiger partial charge is 0.307 e. The number of methoxy groups -OCH3 is 1. The van der Waals surface area contributed by atoms with E-state index in [9.17, 15) is 14.9 Å². The molecule has 0 aromatic heterocycles. The van der Waals surface area contributed by atoms with Crippen molar-refractivity contribution in [1.82, 2.24) is 10.2 Å². The minimum Gasteiger partial charge on any atom is -0.469 e. The van der Waals surface area contributed by atoms with Gasteiger partial charge in [-0.3, -0.25) is 14.5 Å². The molecule has 1 amide bonds. The van der Waals surface area contributed by atoms with Gasteiger partial charge in [-0.2, -0.15) is 5.26 Å². The molecule has 1 saturated heterocycles. The number of piperazine rings is 1. The first-order valence-corrected chi connectivity index (χ1v) is 8.79. The van der Waals surface area contributed by atoms with Crippen LogP contribution in [0.3, 0.4) is 0 Å². The third-order valence-corrected chi connectivity index (χ3v) is 4.73. The highest BCUT2D eigenvalue weighted by atomic mass is 16.5. The van der Waals surface area contributed by atoms with Gasteiger partial charge >= 0.3 is 5.97 Å². The van der Waals surface area contributed by atoms with E-state index in [1.165, 1.54) is 7.11 Å². The topological polar surface area (TPSA) is 82.4 Å². The molecule has 1 fully saturated rings. The van der Waals surface area contributed by atoms with Crippen LogP contribution in [0.4, 0.5) is 0 Å². The van der Waals surface area contributed by atoms with E-state index in [0.29, 0.717) is 25.2 Å². The summed E-state index contributed by atoms with van der Waals surface area (Å²) in [7, 11) is 1.32. The molecule has 3 rings (SSSR count). The molecule has 0 spiro atoms. The molecule has 6 heteroatoms. The standard InChI is InChI=1S/C21H21N3O3/c1-27-20(25)12-19-21(26)23-10-11-24(19)14-15-6-8-16(9-7-15)18-5-3-2-4-17(18)13-22/h2-9,19H,10-12,14H2,1H3,(H,23,26)/t19-/m1/s1. The van der Waals surface area contributed by atoms with Crippen LogP contribution in [-0.4, -0.2) is 43.0 Å². The summed E-state index contributed by atoms with van der Waals surface area (Å²) in [6.45, 7) is 1.80. The van der Waals surface area contributed by atoms with Crippen molar-refractivity contribution in [1.29, 1.82) is 5.26 Å². The van der Waals surface area contributed by atoms with Gasteiger partial charge in [0.15, 0.2) is 0 Å². The minimum atomic E-state index is -0.523. The maximum absolute atomic E-state index is 12.2. The molecule has 6 nitrogen and oxygen atoms in total. The fraction of sp³-hybridized carbons (Fsp3) is 0.286. The van der Waals surface area contributed by atoms with E-state index in [1.807, 2.05) is 47.4 Å². The lowest BCUT2D eigenvalue weighted by atomic mass is 9.99. The number of esters is 1. The second-order valence-electron chi connectivity index (χ2n) is 6.41. The first-order chi connectivity index (χ1) is 13.1. The lowest BCUT2D eigenvalue weighted by Crippen LogP contribution is -2.55. The number of carbonyl (C=O) groups excluding carboxylic acids is 2. The maximum atomic E-state index is 12.2. The Bertz CT molecular complexity index is 871. The summed E-state index contributed by atoms with van der Waals surface area (Å²) in [5.74, 6) is -0.545. The third-order valence-electron chi connectivity index (χ3n) is 4.73. The van der Waals surface area contributed by atoms with Gasteiger partial charge in [-0.15, -0.1) is 0 Å². The van der Waals surface area contributed by atoms with Gasteiger partial charge in [0.25, 0.3) is 0 Å². The first-order valence-electron chi connectivity index (χ1n) is 8.79. The second kappa shape index (κ2) is 8.47. The Morgan fingerprint density at radius 2 is 2.00 bits per heavy atom. The molecule has 2 aromatic carbocycles. The molecular formula is C21H21N3O3. The van der Waals surface area contributed by atoms with Crippen molar-refractivity contribution in [3.05, 3.63) is 59.7 Å². The molecule has 1 heterocycles. The number of amides is 1. The summed E-state index contributed by atoms with van der Waals surface area (Å²) in [6, 6.07) is 17.1. The number of rotatable bonds is 5. The second-order valence-corrected chi connectivity index (χ2v) is 6.41. The predicted octanol–water partition coefficient (Wildman–Crippen LogP) is 2.09. The molecule has 1 atom stereocenters. The number of ether oxygens (including phenoxy) is 1. The van der Waals surface area contributed by atoms with Gasteiger partial charge in [0.2, 0.25) is 5.91 Å². The maximum Gasteiger partial charge on any atom is 0.307 e. The van der Waals surface area contributed by atoms with Gasteiger partial charge in [0.1, 0.15) is 6.04 Å². The summed E-state index contributed by atoms with van der Waals surface area (Å²) in [5, 5.41) is 12.1. The molecule has 0 radical (unpaired) electrons. The Morgan fingerprint density at radius 1 is 1.26 bits per heavy atom. The average Bonchev–Trinajstić information content (AvgIpc) is 2.71. The molecule has 27 heavy (non-hydrogen) atoms. The molecule has 0 bridgehead atoms. The van der Waals surface area contributed by atoms with E-state index in [-0.39, 0.29) is 12.3 Å². The minimum absolute atomic E-state index is 0.0377. The first kappa shape index (κ1) is 18.6. The molecule has 0 aliphatic carbocycles. The Kier molecular flexibility index (Phi) is 5.84. The van der Waals surface area contributed by atoms with Crippen LogP contribution in [0.5, 0.6) is 0 Å². The van der Waals surface area contributed by atoms with E-state index < -0.39 is 12.0 Å². The lowest BCUT2D eigenvalue weighted by Gasteiger charge is -2.34. The number of nitrogens with zero attached hydrogens (tertiary/aromatic N) is 2. The number of hydrogen-bond donors (Lipinski definition) is 1. The zero-order valence-corrected chi connectivity index (χ0v) is 15.1. The van der Waals surface area contributed by atoms with E-state index in [0.717, 1.165) is 16.7 Å². The van der Waals surface area contributed by atoms with Crippen LogP contribution in [0.1, 0.15) is 17.5 Å². The van der Waals surface area contributed by atoms with Crippen molar-refractivity contribution in [2.45, 2.75) is 19.0 Å². The van der Waals surface area contributed by atoms with Crippen LogP contribution >= 0.6 is 0 Å². The Labute approximate surface area is 158 Å². The van der Waals surface area contributed by atoms with Gasteiger partial charge < -0.3 is 10.1 Å². The molecule has 1 aliphatic rings. The summed E-state index contributed by atoms with van der Waals surface area (Å²) in [4.78, 5) is 25.8. The van der Waals surface area contributed by atoms with Gasteiger partial charge in [-0.25, -0.2) is 0 Å². The van der Waals surface area contributed by atoms with Crippen LogP contribution < -0.4 is 5.32 Å². The van der Waals surface area contributed by atoms with Crippen LogP contribution in [0.2, 0.25) is 0 Å². The number of nitrogens with one attached hydrogen (secondary N) is 1. The average molecular weight is 363 g/mol. The van der Waals surface area contributed by atoms with E-state index >= 15 is 0 Å². The largest absolute Gasteiger partial charge is 0.469 e. The predicted molar refractivity (Wildman–Crippen MR) is 100 cm³/mol. The fourth-order valence-electron chi connectivity index (χ4n) is 3.27. The number of hydrogen-bond acceptors (Lipinski definition) is 5. The van der Waals surface area contributed by atoms with Gasteiger partial charge in [0, 0.05) is 19.6 Å². The normalized spacial score (nSPS) is 17.0. The SMILES string of the molecule is COC(=O)C[C@@H]1C(=O)NCCN1Cc1ccc(-c2ccccc2C#N)cc1. The van der Waals surface area contributed by atoms with E-state index in [1.54, 1.807) is 6.07 Å². The number of carbonyl (C=O) groups is 2. The molecule has 138 valence electrons. The zero-order chi connectivity index (χ0) is 19.2. The van der Waals surface area contributed by atoms with Crippen LogP contribution in [-0.2, 0) is 20.9 Å².